The Morgan fingerprint density at radius 3 is 2.22 bits per heavy atom. The van der Waals surface area contributed by atoms with Gasteiger partial charge in [-0.1, -0.05) is 3.89 Å². The first-order valence-corrected chi connectivity index (χ1v) is 6.20. The van der Waals surface area contributed by atoms with Gasteiger partial charge in [-0.05, 0) is 20.8 Å². The van der Waals surface area contributed by atoms with Gasteiger partial charge in [-0.3, -0.25) is 0 Å². The maximum Gasteiger partial charge on any atom is 0.408 e. The maximum atomic E-state index is 12.1. The van der Waals surface area contributed by atoms with E-state index in [1.165, 1.54) is 4.72 Å². The van der Waals surface area contributed by atoms with E-state index in [1.807, 2.05) is 5.32 Å². The molecular formula is C8H15FN2O6S. The molecule has 10 heteroatoms. The Hall–Kier alpha value is -1.42. The third-order valence-corrected chi connectivity index (χ3v) is 1.96. The Kier molecular flexibility index (Phi) is 5.49. The summed E-state index contributed by atoms with van der Waals surface area (Å²) in [5, 5.41) is 10.6. The molecule has 1 atom stereocenters. The van der Waals surface area contributed by atoms with E-state index in [4.69, 9.17) is 9.84 Å². The number of nitrogens with one attached hydrogen (secondary N) is 2. The highest BCUT2D eigenvalue weighted by molar-refractivity contribution is 7.84. The summed E-state index contributed by atoms with van der Waals surface area (Å²) in [6, 6.07) is -1.63. The molecule has 1 unspecified atom stereocenters. The SMILES string of the molecule is CC(C)(C)OC(=O)NC(CNS(=O)(=O)F)C(=O)O. The molecule has 0 aromatic rings. The third kappa shape index (κ3) is 8.70. The van der Waals surface area contributed by atoms with Gasteiger partial charge in [0.1, 0.15) is 11.6 Å². The smallest absolute Gasteiger partial charge is 0.408 e. The summed E-state index contributed by atoms with van der Waals surface area (Å²) >= 11 is 0. The average Bonchev–Trinajstić information content (AvgIpc) is 2.06. The van der Waals surface area contributed by atoms with Crippen LogP contribution in [0.1, 0.15) is 20.8 Å². The van der Waals surface area contributed by atoms with Gasteiger partial charge in [-0.15, -0.1) is 0 Å². The molecule has 106 valence electrons. The lowest BCUT2D eigenvalue weighted by Gasteiger charge is -2.21. The monoisotopic (exact) mass is 286 g/mol. The second-order valence-corrected chi connectivity index (χ2v) is 5.49. The van der Waals surface area contributed by atoms with Gasteiger partial charge in [0.05, 0.1) is 0 Å². The van der Waals surface area contributed by atoms with Crippen LogP contribution in [0.3, 0.4) is 0 Å². The molecule has 0 aliphatic heterocycles. The van der Waals surface area contributed by atoms with Crippen LogP contribution >= 0.6 is 0 Å². The van der Waals surface area contributed by atoms with E-state index in [9.17, 15) is 21.9 Å². The molecular weight excluding hydrogens is 271 g/mol. The number of carboxylic acids is 1. The molecule has 0 spiro atoms. The first-order valence-electron chi connectivity index (χ1n) is 4.82. The number of aliphatic carboxylic acids is 1. The maximum absolute atomic E-state index is 12.1. The van der Waals surface area contributed by atoms with Gasteiger partial charge in [-0.25, -0.2) is 9.59 Å². The van der Waals surface area contributed by atoms with E-state index in [2.05, 4.69) is 0 Å². The molecule has 1 amide bonds. The predicted molar refractivity (Wildman–Crippen MR) is 58.8 cm³/mol. The number of amides is 1. The Labute approximate surface area is 104 Å². The molecule has 0 bridgehead atoms. The highest BCUT2D eigenvalue weighted by atomic mass is 32.3. The standard InChI is InChI=1S/C8H15FN2O6S/c1-8(2,3)17-7(14)11-5(6(12)13)4-10-18(9,15)16/h5,10H,4H2,1-3H3,(H,11,14)(H,12,13). The van der Waals surface area contributed by atoms with E-state index < -0.39 is 40.7 Å². The molecule has 0 radical (unpaired) electrons. The van der Waals surface area contributed by atoms with Gasteiger partial charge >= 0.3 is 22.5 Å². The van der Waals surface area contributed by atoms with Crippen LogP contribution in [0.5, 0.6) is 0 Å². The van der Waals surface area contributed by atoms with E-state index >= 15 is 0 Å². The summed E-state index contributed by atoms with van der Waals surface area (Å²) < 4.78 is 38.6. The van der Waals surface area contributed by atoms with Crippen LogP contribution in [0.4, 0.5) is 8.68 Å². The van der Waals surface area contributed by atoms with Crippen LogP contribution in [-0.4, -0.2) is 43.8 Å². The Morgan fingerprint density at radius 1 is 1.39 bits per heavy atom. The number of alkyl carbamates (subject to hydrolysis) is 1. The van der Waals surface area contributed by atoms with E-state index in [0.717, 1.165) is 0 Å². The average molecular weight is 286 g/mol. The molecule has 0 aromatic heterocycles. The normalized spacial score (nSPS) is 13.8. The minimum atomic E-state index is -5.03. The zero-order valence-corrected chi connectivity index (χ0v) is 10.9. The molecule has 0 fully saturated rings. The van der Waals surface area contributed by atoms with Crippen molar-refractivity contribution in [2.24, 2.45) is 0 Å². The van der Waals surface area contributed by atoms with Gasteiger partial charge in [0.25, 0.3) is 0 Å². The molecule has 0 rings (SSSR count). The molecule has 3 N–H and O–H groups in total. The fraction of sp³-hybridized carbons (Fsp3) is 0.750. The predicted octanol–water partition coefficient (Wildman–Crippen LogP) is -0.232. The number of hydrogen-bond acceptors (Lipinski definition) is 5. The fourth-order valence-corrected chi connectivity index (χ4v) is 1.20. The van der Waals surface area contributed by atoms with E-state index in [0.29, 0.717) is 0 Å². The Bertz CT molecular complexity index is 416. The zero-order valence-electron chi connectivity index (χ0n) is 10.1. The molecule has 0 aliphatic carbocycles. The zero-order chi connectivity index (χ0) is 14.6. The van der Waals surface area contributed by atoms with E-state index in [-0.39, 0.29) is 0 Å². The number of carboxylic acid groups (broad SMARTS) is 1. The van der Waals surface area contributed by atoms with Gasteiger partial charge in [0.2, 0.25) is 0 Å². The molecule has 0 saturated heterocycles. The Balaban J connectivity index is 4.46. The summed E-state index contributed by atoms with van der Waals surface area (Å²) in [6.45, 7) is 3.86. The lowest BCUT2D eigenvalue weighted by atomic mass is 10.2. The summed E-state index contributed by atoms with van der Waals surface area (Å²) in [7, 11) is -5.03. The van der Waals surface area contributed by atoms with Crippen LogP contribution in [0, 0.1) is 0 Å². The van der Waals surface area contributed by atoms with Crippen molar-refractivity contribution in [3.8, 4) is 0 Å². The molecule has 0 heterocycles. The van der Waals surface area contributed by atoms with Crippen LogP contribution in [0.2, 0.25) is 0 Å². The lowest BCUT2D eigenvalue weighted by molar-refractivity contribution is -0.139. The van der Waals surface area contributed by atoms with Crippen molar-refractivity contribution in [2.45, 2.75) is 32.4 Å². The number of rotatable bonds is 5. The summed E-state index contributed by atoms with van der Waals surface area (Å²) in [5.41, 5.74) is -0.841. The second-order valence-electron chi connectivity index (χ2n) is 4.32. The fourth-order valence-electron chi connectivity index (χ4n) is 0.833. The highest BCUT2D eigenvalue weighted by Crippen LogP contribution is 2.06. The Morgan fingerprint density at radius 2 is 1.89 bits per heavy atom. The molecule has 0 saturated carbocycles. The molecule has 0 aliphatic rings. The van der Waals surface area contributed by atoms with Crippen molar-refractivity contribution in [2.75, 3.05) is 6.54 Å². The topological polar surface area (TPSA) is 122 Å². The van der Waals surface area contributed by atoms with Crippen LogP contribution < -0.4 is 10.0 Å². The first kappa shape index (κ1) is 16.6. The number of carbonyl (C=O) groups is 2. The quantitative estimate of drug-likeness (QED) is 0.600. The van der Waals surface area contributed by atoms with Gasteiger partial charge in [0.15, 0.2) is 0 Å². The van der Waals surface area contributed by atoms with Crippen molar-refractivity contribution < 1.29 is 31.7 Å². The minimum Gasteiger partial charge on any atom is -0.480 e. The largest absolute Gasteiger partial charge is 0.480 e. The van der Waals surface area contributed by atoms with Crippen molar-refractivity contribution in [3.63, 3.8) is 0 Å². The van der Waals surface area contributed by atoms with Gasteiger partial charge < -0.3 is 15.2 Å². The molecule has 18 heavy (non-hydrogen) atoms. The molecule has 8 nitrogen and oxygen atoms in total. The van der Waals surface area contributed by atoms with Crippen molar-refractivity contribution in [1.29, 1.82) is 0 Å². The van der Waals surface area contributed by atoms with Gasteiger partial charge in [0, 0.05) is 6.54 Å². The van der Waals surface area contributed by atoms with Crippen LogP contribution in [-0.2, 0) is 19.9 Å². The number of ether oxygens (including phenoxy) is 1. The first-order chi connectivity index (χ1) is 7.91. The second kappa shape index (κ2) is 5.96. The summed E-state index contributed by atoms with van der Waals surface area (Å²) in [4.78, 5) is 21.9. The van der Waals surface area contributed by atoms with Crippen molar-refractivity contribution in [1.82, 2.24) is 10.0 Å². The van der Waals surface area contributed by atoms with E-state index in [1.54, 1.807) is 20.8 Å². The number of hydrogen-bond donors (Lipinski definition) is 3. The highest BCUT2D eigenvalue weighted by Gasteiger charge is 2.25. The van der Waals surface area contributed by atoms with Crippen molar-refractivity contribution >= 4 is 22.5 Å². The van der Waals surface area contributed by atoms with Crippen molar-refractivity contribution in [3.05, 3.63) is 0 Å². The van der Waals surface area contributed by atoms with Gasteiger partial charge in [-0.2, -0.15) is 13.1 Å². The number of carbonyl (C=O) groups excluding carboxylic acids is 1. The summed E-state index contributed by atoms with van der Waals surface area (Å²) in [6.07, 6.45) is -1.05. The molecule has 0 aromatic carbocycles. The third-order valence-electron chi connectivity index (χ3n) is 1.45. The lowest BCUT2D eigenvalue weighted by Crippen LogP contribution is -2.49. The van der Waals surface area contributed by atoms with Crippen LogP contribution in [0.15, 0.2) is 0 Å². The van der Waals surface area contributed by atoms with Crippen LogP contribution in [0.25, 0.3) is 0 Å². The summed E-state index contributed by atoms with van der Waals surface area (Å²) in [5.74, 6) is -1.53. The minimum absolute atomic E-state index is 0.826. The number of halogens is 1.